The van der Waals surface area contributed by atoms with E-state index in [9.17, 15) is 4.79 Å². The summed E-state index contributed by atoms with van der Waals surface area (Å²) in [6.07, 6.45) is 4.09. The summed E-state index contributed by atoms with van der Waals surface area (Å²) in [4.78, 5) is 15.1. The van der Waals surface area contributed by atoms with Gasteiger partial charge in [-0.25, -0.2) is 9.78 Å². The van der Waals surface area contributed by atoms with Crippen LogP contribution >= 0.6 is 0 Å². The molecule has 0 aliphatic heterocycles. The summed E-state index contributed by atoms with van der Waals surface area (Å²) in [5.41, 5.74) is 2.04. The van der Waals surface area contributed by atoms with Crippen molar-refractivity contribution in [1.29, 1.82) is 0 Å². The van der Waals surface area contributed by atoms with Crippen LogP contribution in [0.1, 0.15) is 37.0 Å². The Labute approximate surface area is 106 Å². The summed E-state index contributed by atoms with van der Waals surface area (Å²) < 4.78 is 2.09. The van der Waals surface area contributed by atoms with E-state index in [1.165, 1.54) is 6.42 Å². The van der Waals surface area contributed by atoms with Crippen LogP contribution in [0.15, 0.2) is 24.5 Å². The van der Waals surface area contributed by atoms with Crippen molar-refractivity contribution in [2.75, 3.05) is 0 Å². The van der Waals surface area contributed by atoms with Gasteiger partial charge in [0.25, 0.3) is 0 Å². The first kappa shape index (κ1) is 12.6. The SMILES string of the molecule is CC(C)CCCn1cnc2cc(C(=O)O)ccc21. The minimum Gasteiger partial charge on any atom is -0.478 e. The lowest BCUT2D eigenvalue weighted by atomic mass is 10.1. The van der Waals surface area contributed by atoms with Crippen molar-refractivity contribution in [2.45, 2.75) is 33.2 Å². The third-order valence-corrected chi connectivity index (χ3v) is 3.05. The second kappa shape index (κ2) is 5.21. The summed E-state index contributed by atoms with van der Waals surface area (Å²) >= 11 is 0. The van der Waals surface area contributed by atoms with Crippen LogP contribution < -0.4 is 0 Å². The van der Waals surface area contributed by atoms with Gasteiger partial charge in [0.2, 0.25) is 0 Å². The molecule has 0 radical (unpaired) electrons. The average molecular weight is 246 g/mol. The third-order valence-electron chi connectivity index (χ3n) is 3.05. The zero-order valence-corrected chi connectivity index (χ0v) is 10.8. The lowest BCUT2D eigenvalue weighted by Gasteiger charge is -2.06. The molecule has 0 bridgehead atoms. The van der Waals surface area contributed by atoms with E-state index in [1.54, 1.807) is 18.5 Å². The van der Waals surface area contributed by atoms with Gasteiger partial charge in [-0.1, -0.05) is 13.8 Å². The van der Waals surface area contributed by atoms with Crippen LogP contribution in [0.25, 0.3) is 11.0 Å². The summed E-state index contributed by atoms with van der Waals surface area (Å²) in [6.45, 7) is 5.36. The van der Waals surface area contributed by atoms with E-state index in [-0.39, 0.29) is 5.56 Å². The molecule has 1 aromatic heterocycles. The second-order valence-corrected chi connectivity index (χ2v) is 4.98. The number of aryl methyl sites for hydroxylation is 1. The summed E-state index contributed by atoms with van der Waals surface area (Å²) in [6, 6.07) is 5.09. The molecule has 18 heavy (non-hydrogen) atoms. The van der Waals surface area contributed by atoms with Crippen LogP contribution in [0.4, 0.5) is 0 Å². The molecule has 0 atom stereocenters. The molecule has 2 aromatic rings. The Balaban J connectivity index is 2.18. The largest absolute Gasteiger partial charge is 0.478 e. The third kappa shape index (κ3) is 2.70. The molecule has 1 heterocycles. The fourth-order valence-corrected chi connectivity index (χ4v) is 2.04. The number of imidazole rings is 1. The van der Waals surface area contributed by atoms with Crippen LogP contribution in [0.5, 0.6) is 0 Å². The number of carboxylic acids is 1. The zero-order valence-electron chi connectivity index (χ0n) is 10.8. The van der Waals surface area contributed by atoms with Gasteiger partial charge in [0.05, 0.1) is 22.9 Å². The van der Waals surface area contributed by atoms with Crippen LogP contribution in [0.3, 0.4) is 0 Å². The van der Waals surface area contributed by atoms with Crippen LogP contribution in [-0.4, -0.2) is 20.6 Å². The van der Waals surface area contributed by atoms with Gasteiger partial charge in [0, 0.05) is 6.54 Å². The molecule has 0 aliphatic rings. The zero-order chi connectivity index (χ0) is 13.1. The van der Waals surface area contributed by atoms with Crippen molar-refractivity contribution in [1.82, 2.24) is 9.55 Å². The highest BCUT2D eigenvalue weighted by molar-refractivity contribution is 5.92. The number of hydrogen-bond donors (Lipinski definition) is 1. The van der Waals surface area contributed by atoms with Crippen LogP contribution in [0.2, 0.25) is 0 Å². The van der Waals surface area contributed by atoms with E-state index in [0.717, 1.165) is 24.0 Å². The van der Waals surface area contributed by atoms with Gasteiger partial charge < -0.3 is 9.67 Å². The van der Waals surface area contributed by atoms with Crippen LogP contribution in [0, 0.1) is 5.92 Å². The number of aromatic carboxylic acids is 1. The Morgan fingerprint density at radius 1 is 1.44 bits per heavy atom. The maximum absolute atomic E-state index is 10.9. The Kier molecular flexibility index (Phi) is 3.65. The number of hydrogen-bond acceptors (Lipinski definition) is 2. The van der Waals surface area contributed by atoms with Crippen LogP contribution in [-0.2, 0) is 6.54 Å². The van der Waals surface area contributed by atoms with E-state index in [0.29, 0.717) is 5.92 Å². The molecular formula is C14H18N2O2. The molecule has 0 amide bonds. The minimum absolute atomic E-state index is 0.287. The molecule has 0 saturated heterocycles. The van der Waals surface area contributed by atoms with Gasteiger partial charge in [-0.05, 0) is 37.0 Å². The molecule has 0 saturated carbocycles. The van der Waals surface area contributed by atoms with E-state index < -0.39 is 5.97 Å². The van der Waals surface area contributed by atoms with Crippen molar-refractivity contribution in [2.24, 2.45) is 5.92 Å². The van der Waals surface area contributed by atoms with Crippen molar-refractivity contribution >= 4 is 17.0 Å². The first-order chi connectivity index (χ1) is 8.58. The van der Waals surface area contributed by atoms with E-state index in [2.05, 4.69) is 23.4 Å². The number of rotatable bonds is 5. The maximum Gasteiger partial charge on any atom is 0.335 e. The van der Waals surface area contributed by atoms with Gasteiger partial charge in [-0.3, -0.25) is 0 Å². The van der Waals surface area contributed by atoms with Gasteiger partial charge >= 0.3 is 5.97 Å². The number of aromatic nitrogens is 2. The van der Waals surface area contributed by atoms with Gasteiger partial charge in [0.15, 0.2) is 0 Å². The topological polar surface area (TPSA) is 55.1 Å². The van der Waals surface area contributed by atoms with E-state index in [1.807, 2.05) is 6.07 Å². The highest BCUT2D eigenvalue weighted by Crippen LogP contribution is 2.16. The maximum atomic E-state index is 10.9. The Hall–Kier alpha value is -1.84. The van der Waals surface area contributed by atoms with Gasteiger partial charge in [-0.15, -0.1) is 0 Å². The smallest absolute Gasteiger partial charge is 0.335 e. The normalized spacial score (nSPS) is 11.3. The molecule has 96 valence electrons. The standard InChI is InChI=1S/C14H18N2O2/c1-10(2)4-3-7-16-9-15-12-8-11(14(17)18)5-6-13(12)16/h5-6,8-10H,3-4,7H2,1-2H3,(H,17,18). The predicted molar refractivity (Wildman–Crippen MR) is 70.8 cm³/mol. The molecule has 0 spiro atoms. The molecule has 0 fully saturated rings. The predicted octanol–water partition coefficient (Wildman–Crippen LogP) is 3.17. The first-order valence-corrected chi connectivity index (χ1v) is 6.26. The number of benzene rings is 1. The number of carbonyl (C=O) groups is 1. The molecule has 2 rings (SSSR count). The Bertz CT molecular complexity index is 558. The molecular weight excluding hydrogens is 228 g/mol. The lowest BCUT2D eigenvalue weighted by molar-refractivity contribution is 0.0697. The minimum atomic E-state index is -0.911. The second-order valence-electron chi connectivity index (χ2n) is 4.98. The first-order valence-electron chi connectivity index (χ1n) is 6.26. The molecule has 0 unspecified atom stereocenters. The molecule has 4 heteroatoms. The quantitative estimate of drug-likeness (QED) is 0.881. The Morgan fingerprint density at radius 3 is 2.89 bits per heavy atom. The summed E-state index contributed by atoms with van der Waals surface area (Å²) in [7, 11) is 0. The molecule has 0 aliphatic carbocycles. The average Bonchev–Trinajstić information content (AvgIpc) is 2.71. The number of carboxylic acid groups (broad SMARTS) is 1. The highest BCUT2D eigenvalue weighted by Gasteiger charge is 2.07. The van der Waals surface area contributed by atoms with Gasteiger partial charge in [-0.2, -0.15) is 0 Å². The number of nitrogens with zero attached hydrogens (tertiary/aromatic N) is 2. The van der Waals surface area contributed by atoms with Crippen molar-refractivity contribution in [3.05, 3.63) is 30.1 Å². The highest BCUT2D eigenvalue weighted by atomic mass is 16.4. The number of fused-ring (bicyclic) bond motifs is 1. The van der Waals surface area contributed by atoms with Gasteiger partial charge in [0.1, 0.15) is 0 Å². The van der Waals surface area contributed by atoms with Crippen molar-refractivity contribution < 1.29 is 9.90 Å². The fraction of sp³-hybridized carbons (Fsp3) is 0.429. The van der Waals surface area contributed by atoms with E-state index >= 15 is 0 Å². The molecule has 4 nitrogen and oxygen atoms in total. The van der Waals surface area contributed by atoms with Crippen molar-refractivity contribution in [3.8, 4) is 0 Å². The lowest BCUT2D eigenvalue weighted by Crippen LogP contribution is -1.99. The van der Waals surface area contributed by atoms with Crippen molar-refractivity contribution in [3.63, 3.8) is 0 Å². The Morgan fingerprint density at radius 2 is 2.22 bits per heavy atom. The molecule has 1 aromatic carbocycles. The molecule has 1 N–H and O–H groups in total. The monoisotopic (exact) mass is 246 g/mol. The summed E-state index contributed by atoms with van der Waals surface area (Å²) in [5, 5.41) is 8.92. The van der Waals surface area contributed by atoms with E-state index in [4.69, 9.17) is 5.11 Å². The fourth-order valence-electron chi connectivity index (χ4n) is 2.04. The summed E-state index contributed by atoms with van der Waals surface area (Å²) in [5.74, 6) is -0.204.